The zero-order valence-corrected chi connectivity index (χ0v) is 12.9. The van der Waals surface area contributed by atoms with E-state index in [-0.39, 0.29) is 16.5 Å². The molecule has 0 bridgehead atoms. The minimum absolute atomic E-state index is 0.122. The number of thioether (sulfide) groups is 1. The second-order valence-electron chi connectivity index (χ2n) is 5.30. The third-order valence-corrected chi connectivity index (χ3v) is 4.77. The van der Waals surface area contributed by atoms with Crippen LogP contribution in [0.5, 0.6) is 5.75 Å². The number of ether oxygens (including phenoxy) is 1. The maximum Gasteiger partial charge on any atom is 0.573 e. The molecule has 1 aliphatic rings. The molecule has 1 aromatic carbocycles. The van der Waals surface area contributed by atoms with Gasteiger partial charge in [-0.05, 0) is 49.8 Å². The standard InChI is InChI=1S/C14H18F3N3OS/c1-13(7-2-8-22-13)9-19-12(18)20-10-3-5-11(6-4-10)21-14(15,16)17/h3-6H,2,7-9H2,1H3,(H3,18,19,20). The van der Waals surface area contributed by atoms with Gasteiger partial charge < -0.3 is 15.8 Å². The van der Waals surface area contributed by atoms with Gasteiger partial charge in [0, 0.05) is 10.4 Å². The number of anilines is 1. The Bertz CT molecular complexity index is 525. The number of alkyl halides is 3. The average Bonchev–Trinajstić information content (AvgIpc) is 2.85. The van der Waals surface area contributed by atoms with Crippen molar-refractivity contribution in [1.82, 2.24) is 0 Å². The summed E-state index contributed by atoms with van der Waals surface area (Å²) in [5.41, 5.74) is 6.36. The average molecular weight is 333 g/mol. The van der Waals surface area contributed by atoms with E-state index in [0.717, 1.165) is 12.2 Å². The Morgan fingerprint density at radius 3 is 2.64 bits per heavy atom. The molecule has 3 N–H and O–H groups in total. The van der Waals surface area contributed by atoms with Crippen molar-refractivity contribution in [1.29, 1.82) is 0 Å². The highest BCUT2D eigenvalue weighted by Crippen LogP contribution is 2.37. The van der Waals surface area contributed by atoms with Gasteiger partial charge in [0.25, 0.3) is 0 Å². The van der Waals surface area contributed by atoms with Crippen LogP contribution in [0.4, 0.5) is 18.9 Å². The van der Waals surface area contributed by atoms with Crippen LogP contribution in [-0.4, -0.2) is 29.4 Å². The van der Waals surface area contributed by atoms with Crippen molar-refractivity contribution in [3.05, 3.63) is 24.3 Å². The van der Waals surface area contributed by atoms with Crippen LogP contribution in [0.25, 0.3) is 0 Å². The van der Waals surface area contributed by atoms with Crippen LogP contribution in [0, 0.1) is 0 Å². The Morgan fingerprint density at radius 2 is 2.09 bits per heavy atom. The number of guanidine groups is 1. The van der Waals surface area contributed by atoms with E-state index in [0.29, 0.717) is 12.2 Å². The lowest BCUT2D eigenvalue weighted by atomic mass is 10.1. The number of rotatable bonds is 4. The largest absolute Gasteiger partial charge is 0.573 e. The fraction of sp³-hybridized carbons (Fsp3) is 0.500. The minimum atomic E-state index is -4.69. The summed E-state index contributed by atoms with van der Waals surface area (Å²) in [6, 6.07) is 5.35. The first kappa shape index (κ1) is 16.8. The SMILES string of the molecule is CC1(CN=C(N)Nc2ccc(OC(F)(F)F)cc2)CCCS1. The number of aliphatic imine (C=N–C) groups is 1. The van der Waals surface area contributed by atoms with Crippen molar-refractivity contribution in [3.8, 4) is 5.75 Å². The summed E-state index contributed by atoms with van der Waals surface area (Å²) in [6.07, 6.45) is -2.40. The van der Waals surface area contributed by atoms with Gasteiger partial charge in [-0.3, -0.25) is 4.99 Å². The predicted molar refractivity (Wildman–Crippen MR) is 83.3 cm³/mol. The molecule has 2 rings (SSSR count). The highest BCUT2D eigenvalue weighted by Gasteiger charge is 2.31. The summed E-state index contributed by atoms with van der Waals surface area (Å²) in [6.45, 7) is 2.77. The van der Waals surface area contributed by atoms with Gasteiger partial charge in [-0.15, -0.1) is 13.2 Å². The smallest absolute Gasteiger partial charge is 0.406 e. The molecule has 0 radical (unpaired) electrons. The van der Waals surface area contributed by atoms with Crippen molar-refractivity contribution >= 4 is 23.4 Å². The highest BCUT2D eigenvalue weighted by atomic mass is 32.2. The number of hydrogen-bond donors (Lipinski definition) is 2. The summed E-state index contributed by atoms with van der Waals surface area (Å²) in [5, 5.41) is 2.85. The van der Waals surface area contributed by atoms with Crippen LogP contribution in [0.2, 0.25) is 0 Å². The van der Waals surface area contributed by atoms with E-state index in [1.807, 2.05) is 11.8 Å². The zero-order chi connectivity index (χ0) is 16.2. The van der Waals surface area contributed by atoms with Crippen molar-refractivity contribution in [2.45, 2.75) is 30.9 Å². The maximum absolute atomic E-state index is 12.1. The molecule has 8 heteroatoms. The molecule has 0 aliphatic carbocycles. The number of nitrogens with one attached hydrogen (secondary N) is 1. The van der Waals surface area contributed by atoms with Gasteiger partial charge in [0.05, 0.1) is 6.54 Å². The van der Waals surface area contributed by atoms with Crippen molar-refractivity contribution in [2.75, 3.05) is 17.6 Å². The monoisotopic (exact) mass is 333 g/mol. The van der Waals surface area contributed by atoms with Gasteiger partial charge in [-0.1, -0.05) is 0 Å². The van der Waals surface area contributed by atoms with Crippen LogP contribution in [-0.2, 0) is 0 Å². The Morgan fingerprint density at radius 1 is 1.41 bits per heavy atom. The van der Waals surface area contributed by atoms with Crippen molar-refractivity contribution in [3.63, 3.8) is 0 Å². The van der Waals surface area contributed by atoms with Crippen LogP contribution in [0.3, 0.4) is 0 Å². The third-order valence-electron chi connectivity index (χ3n) is 3.24. The van der Waals surface area contributed by atoms with Gasteiger partial charge in [0.2, 0.25) is 0 Å². The Labute approximate surface area is 131 Å². The van der Waals surface area contributed by atoms with E-state index in [9.17, 15) is 13.2 Å². The predicted octanol–water partition coefficient (Wildman–Crippen LogP) is 3.60. The summed E-state index contributed by atoms with van der Waals surface area (Å²) in [5.74, 6) is 1.11. The van der Waals surface area contributed by atoms with Crippen LogP contribution >= 0.6 is 11.8 Å². The first-order valence-corrected chi connectivity index (χ1v) is 7.81. The number of nitrogens with two attached hydrogens (primary N) is 1. The number of halogens is 3. The Kier molecular flexibility index (Phi) is 5.10. The van der Waals surface area contributed by atoms with Gasteiger partial charge >= 0.3 is 6.36 Å². The Balaban J connectivity index is 1.89. The molecule has 0 saturated carbocycles. The summed E-state index contributed by atoms with van der Waals surface area (Å²) in [7, 11) is 0. The second kappa shape index (κ2) is 6.68. The number of benzene rings is 1. The molecule has 1 unspecified atom stereocenters. The molecule has 4 nitrogen and oxygen atoms in total. The molecule has 22 heavy (non-hydrogen) atoms. The van der Waals surface area contributed by atoms with Crippen LogP contribution < -0.4 is 15.8 Å². The molecule has 1 aromatic rings. The topological polar surface area (TPSA) is 59.6 Å². The van der Waals surface area contributed by atoms with E-state index in [1.165, 1.54) is 30.7 Å². The lowest BCUT2D eigenvalue weighted by Gasteiger charge is -2.20. The molecule has 0 spiro atoms. The summed E-state index contributed by atoms with van der Waals surface area (Å²) >= 11 is 1.89. The molecule has 1 fully saturated rings. The fourth-order valence-electron chi connectivity index (χ4n) is 2.14. The maximum atomic E-state index is 12.1. The van der Waals surface area contributed by atoms with Gasteiger partial charge in [0.15, 0.2) is 5.96 Å². The first-order chi connectivity index (χ1) is 10.3. The highest BCUT2D eigenvalue weighted by molar-refractivity contribution is 8.00. The van der Waals surface area contributed by atoms with Gasteiger partial charge in [-0.2, -0.15) is 11.8 Å². The number of hydrogen-bond acceptors (Lipinski definition) is 3. The molecule has 0 amide bonds. The van der Waals surface area contributed by atoms with E-state index in [4.69, 9.17) is 5.73 Å². The van der Waals surface area contributed by atoms with Gasteiger partial charge in [-0.25, -0.2) is 0 Å². The molecule has 0 aromatic heterocycles. The van der Waals surface area contributed by atoms with Gasteiger partial charge in [0.1, 0.15) is 5.75 Å². The number of nitrogens with zero attached hydrogens (tertiary/aromatic N) is 1. The first-order valence-electron chi connectivity index (χ1n) is 6.82. The van der Waals surface area contributed by atoms with Crippen molar-refractivity contribution < 1.29 is 17.9 Å². The van der Waals surface area contributed by atoms with Crippen LogP contribution in [0.1, 0.15) is 19.8 Å². The molecule has 1 atom stereocenters. The molecule has 122 valence electrons. The molecule has 1 heterocycles. The quantitative estimate of drug-likeness (QED) is 0.653. The normalized spacial score (nSPS) is 22.6. The lowest BCUT2D eigenvalue weighted by Crippen LogP contribution is -2.27. The van der Waals surface area contributed by atoms with E-state index < -0.39 is 6.36 Å². The molecule has 1 aliphatic heterocycles. The van der Waals surface area contributed by atoms with Crippen molar-refractivity contribution in [2.24, 2.45) is 10.7 Å². The molecular formula is C14H18F3N3OS. The summed E-state index contributed by atoms with van der Waals surface area (Å²) in [4.78, 5) is 4.31. The Hall–Kier alpha value is -1.57. The molecular weight excluding hydrogens is 315 g/mol. The van der Waals surface area contributed by atoms with Crippen LogP contribution in [0.15, 0.2) is 29.3 Å². The molecule has 1 saturated heterocycles. The van der Waals surface area contributed by atoms with E-state index in [1.54, 1.807) is 0 Å². The summed E-state index contributed by atoms with van der Waals surface area (Å²) < 4.78 is 40.1. The third kappa shape index (κ3) is 5.32. The minimum Gasteiger partial charge on any atom is -0.406 e. The zero-order valence-electron chi connectivity index (χ0n) is 12.1. The van der Waals surface area contributed by atoms with E-state index in [2.05, 4.69) is 22.0 Å². The fourth-order valence-corrected chi connectivity index (χ4v) is 3.37. The second-order valence-corrected chi connectivity index (χ2v) is 6.98. The van der Waals surface area contributed by atoms with E-state index >= 15 is 0 Å². The lowest BCUT2D eigenvalue weighted by molar-refractivity contribution is -0.274.